The molecule has 0 aliphatic carbocycles. The van der Waals surface area contributed by atoms with E-state index in [0.717, 1.165) is 35.7 Å². The van der Waals surface area contributed by atoms with Crippen molar-refractivity contribution in [3.05, 3.63) is 47.9 Å². The number of nitrogens with zero attached hydrogens (tertiary/aromatic N) is 1. The molecule has 0 bridgehead atoms. The minimum atomic E-state index is 0.655. The van der Waals surface area contributed by atoms with Gasteiger partial charge in [-0.1, -0.05) is 0 Å². The van der Waals surface area contributed by atoms with Gasteiger partial charge >= 0.3 is 0 Å². The molecule has 0 radical (unpaired) electrons. The van der Waals surface area contributed by atoms with Gasteiger partial charge in [0.2, 0.25) is 0 Å². The number of hydrogen-bond acceptors (Lipinski definition) is 4. The van der Waals surface area contributed by atoms with E-state index < -0.39 is 0 Å². The molecule has 2 rings (SSSR count). The second-order valence-corrected chi connectivity index (χ2v) is 4.60. The highest BCUT2D eigenvalue weighted by Gasteiger charge is 2.08. The SMILES string of the molecule is CCOc1ccc(N)cc1CN(C)Cc1ccoc1. The zero-order valence-corrected chi connectivity index (χ0v) is 11.4. The van der Waals surface area contributed by atoms with Gasteiger partial charge in [-0.15, -0.1) is 0 Å². The van der Waals surface area contributed by atoms with E-state index in [1.807, 2.05) is 31.2 Å². The average Bonchev–Trinajstić information content (AvgIpc) is 2.85. The summed E-state index contributed by atoms with van der Waals surface area (Å²) in [6.07, 6.45) is 3.45. The Balaban J connectivity index is 2.06. The fourth-order valence-electron chi connectivity index (χ4n) is 2.06. The summed E-state index contributed by atoms with van der Waals surface area (Å²) in [5, 5.41) is 0. The van der Waals surface area contributed by atoms with Crippen LogP contribution in [0.2, 0.25) is 0 Å². The third-order valence-electron chi connectivity index (χ3n) is 2.86. The molecular formula is C15H20N2O2. The minimum Gasteiger partial charge on any atom is -0.494 e. The Bertz CT molecular complexity index is 509. The summed E-state index contributed by atoms with van der Waals surface area (Å²) in [5.41, 5.74) is 8.87. The minimum absolute atomic E-state index is 0.655. The Hall–Kier alpha value is -1.94. The van der Waals surface area contributed by atoms with Gasteiger partial charge in [0.15, 0.2) is 0 Å². The van der Waals surface area contributed by atoms with Crippen LogP contribution in [0.1, 0.15) is 18.1 Å². The van der Waals surface area contributed by atoms with Gasteiger partial charge < -0.3 is 14.9 Å². The zero-order chi connectivity index (χ0) is 13.7. The van der Waals surface area contributed by atoms with Crippen LogP contribution in [-0.4, -0.2) is 18.6 Å². The van der Waals surface area contributed by atoms with Gasteiger partial charge in [-0.2, -0.15) is 0 Å². The van der Waals surface area contributed by atoms with Gasteiger partial charge in [0.1, 0.15) is 5.75 Å². The lowest BCUT2D eigenvalue weighted by Crippen LogP contribution is -2.17. The Morgan fingerprint density at radius 1 is 1.26 bits per heavy atom. The maximum absolute atomic E-state index is 5.85. The molecule has 0 unspecified atom stereocenters. The lowest BCUT2D eigenvalue weighted by Gasteiger charge is -2.18. The van der Waals surface area contributed by atoms with Gasteiger partial charge in [0, 0.05) is 29.9 Å². The number of benzene rings is 1. The summed E-state index contributed by atoms with van der Waals surface area (Å²) >= 11 is 0. The molecule has 4 nitrogen and oxygen atoms in total. The lowest BCUT2D eigenvalue weighted by molar-refractivity contribution is 0.297. The summed E-state index contributed by atoms with van der Waals surface area (Å²) in [5.74, 6) is 0.899. The van der Waals surface area contributed by atoms with Crippen LogP contribution in [0, 0.1) is 0 Å². The first-order valence-electron chi connectivity index (χ1n) is 6.40. The van der Waals surface area contributed by atoms with Gasteiger partial charge in [-0.3, -0.25) is 4.90 Å². The number of hydrogen-bond donors (Lipinski definition) is 1. The molecule has 4 heteroatoms. The number of rotatable bonds is 6. The van der Waals surface area contributed by atoms with Gasteiger partial charge in [0.05, 0.1) is 19.1 Å². The maximum atomic E-state index is 5.85. The topological polar surface area (TPSA) is 51.6 Å². The molecule has 102 valence electrons. The molecule has 2 N–H and O–H groups in total. The van der Waals surface area contributed by atoms with E-state index in [4.69, 9.17) is 14.9 Å². The van der Waals surface area contributed by atoms with Crippen LogP contribution in [0.25, 0.3) is 0 Å². The van der Waals surface area contributed by atoms with Crippen molar-refractivity contribution in [1.82, 2.24) is 4.90 Å². The molecule has 0 fully saturated rings. The van der Waals surface area contributed by atoms with Crippen LogP contribution in [0.4, 0.5) is 5.69 Å². The van der Waals surface area contributed by atoms with Crippen molar-refractivity contribution >= 4 is 5.69 Å². The van der Waals surface area contributed by atoms with Crippen LogP contribution >= 0.6 is 0 Å². The molecule has 0 amide bonds. The summed E-state index contributed by atoms with van der Waals surface area (Å²) in [4.78, 5) is 2.20. The highest BCUT2D eigenvalue weighted by Crippen LogP contribution is 2.23. The highest BCUT2D eigenvalue weighted by atomic mass is 16.5. The van der Waals surface area contributed by atoms with Crippen LogP contribution in [0.3, 0.4) is 0 Å². The van der Waals surface area contributed by atoms with Crippen LogP contribution in [-0.2, 0) is 13.1 Å². The monoisotopic (exact) mass is 260 g/mol. The fraction of sp³-hybridized carbons (Fsp3) is 0.333. The van der Waals surface area contributed by atoms with E-state index in [1.165, 1.54) is 0 Å². The van der Waals surface area contributed by atoms with Crippen LogP contribution in [0.15, 0.2) is 41.2 Å². The van der Waals surface area contributed by atoms with E-state index in [9.17, 15) is 0 Å². The summed E-state index contributed by atoms with van der Waals surface area (Å²) < 4.78 is 10.7. The largest absolute Gasteiger partial charge is 0.494 e. The molecule has 2 aromatic rings. The van der Waals surface area contributed by atoms with Crippen molar-refractivity contribution in [3.63, 3.8) is 0 Å². The number of ether oxygens (including phenoxy) is 1. The average molecular weight is 260 g/mol. The van der Waals surface area contributed by atoms with E-state index in [-0.39, 0.29) is 0 Å². The third-order valence-corrected chi connectivity index (χ3v) is 2.86. The first kappa shape index (κ1) is 13.5. The molecule has 19 heavy (non-hydrogen) atoms. The number of anilines is 1. The molecule has 0 atom stereocenters. The number of nitrogens with two attached hydrogens (primary N) is 1. The molecule has 0 saturated carbocycles. The summed E-state index contributed by atoms with van der Waals surface area (Å²) in [6.45, 7) is 4.25. The Kier molecular flexibility index (Phi) is 4.47. The maximum Gasteiger partial charge on any atom is 0.123 e. The molecule has 1 aromatic carbocycles. The van der Waals surface area contributed by atoms with Crippen molar-refractivity contribution < 1.29 is 9.15 Å². The molecule has 1 aromatic heterocycles. The van der Waals surface area contributed by atoms with Crippen molar-refractivity contribution in [2.24, 2.45) is 0 Å². The predicted octanol–water partition coefficient (Wildman–Crippen LogP) is 2.89. The van der Waals surface area contributed by atoms with Crippen molar-refractivity contribution in [2.45, 2.75) is 20.0 Å². The first-order chi connectivity index (χ1) is 9.19. The van der Waals surface area contributed by atoms with Crippen molar-refractivity contribution in [2.75, 3.05) is 19.4 Å². The van der Waals surface area contributed by atoms with Crippen molar-refractivity contribution in [3.8, 4) is 5.75 Å². The Labute approximate surface area is 113 Å². The molecule has 1 heterocycles. The summed E-state index contributed by atoms with van der Waals surface area (Å²) in [6, 6.07) is 7.74. The standard InChI is InChI=1S/C15H20N2O2/c1-3-19-15-5-4-14(16)8-13(15)10-17(2)9-12-6-7-18-11-12/h4-8,11H,3,9-10,16H2,1-2H3. The van der Waals surface area contributed by atoms with E-state index >= 15 is 0 Å². The molecule has 0 aliphatic heterocycles. The van der Waals surface area contributed by atoms with E-state index in [2.05, 4.69) is 11.9 Å². The Morgan fingerprint density at radius 3 is 2.79 bits per heavy atom. The van der Waals surface area contributed by atoms with Gasteiger partial charge in [-0.05, 0) is 38.2 Å². The van der Waals surface area contributed by atoms with E-state index in [1.54, 1.807) is 12.5 Å². The van der Waals surface area contributed by atoms with E-state index in [0.29, 0.717) is 6.61 Å². The fourth-order valence-corrected chi connectivity index (χ4v) is 2.06. The highest BCUT2D eigenvalue weighted by molar-refractivity contribution is 5.47. The lowest BCUT2D eigenvalue weighted by atomic mass is 10.1. The zero-order valence-electron chi connectivity index (χ0n) is 11.4. The molecule has 0 spiro atoms. The molecular weight excluding hydrogens is 240 g/mol. The van der Waals surface area contributed by atoms with Crippen molar-refractivity contribution in [1.29, 1.82) is 0 Å². The van der Waals surface area contributed by atoms with Crippen LogP contribution in [0.5, 0.6) is 5.75 Å². The predicted molar refractivity (Wildman–Crippen MR) is 75.9 cm³/mol. The van der Waals surface area contributed by atoms with Gasteiger partial charge in [-0.25, -0.2) is 0 Å². The number of furan rings is 1. The van der Waals surface area contributed by atoms with Gasteiger partial charge in [0.25, 0.3) is 0 Å². The normalized spacial score (nSPS) is 10.9. The quantitative estimate of drug-likeness (QED) is 0.811. The second kappa shape index (κ2) is 6.29. The second-order valence-electron chi connectivity index (χ2n) is 4.60. The molecule has 0 saturated heterocycles. The number of nitrogen functional groups attached to an aromatic ring is 1. The third kappa shape index (κ3) is 3.76. The first-order valence-corrected chi connectivity index (χ1v) is 6.40. The van der Waals surface area contributed by atoms with Crippen LogP contribution < -0.4 is 10.5 Å². The molecule has 0 aliphatic rings. The smallest absolute Gasteiger partial charge is 0.123 e. The summed E-state index contributed by atoms with van der Waals surface area (Å²) in [7, 11) is 2.06. The Morgan fingerprint density at radius 2 is 2.11 bits per heavy atom.